The van der Waals surface area contributed by atoms with Crippen LogP contribution in [-0.4, -0.2) is 52.9 Å². The van der Waals surface area contributed by atoms with Gasteiger partial charge in [-0.2, -0.15) is 0 Å². The fourth-order valence-electron chi connectivity index (χ4n) is 2.56. The van der Waals surface area contributed by atoms with Gasteiger partial charge in [-0.25, -0.2) is 9.18 Å². The van der Waals surface area contributed by atoms with Gasteiger partial charge < -0.3 is 31.9 Å². The number of aliphatic hydroxyl groups excluding tert-OH is 2. The molecule has 4 amide bonds. The quantitative estimate of drug-likeness (QED) is 0.387. The number of carbonyl (C=O) groups excluding carboxylic acids is 3. The first-order valence-corrected chi connectivity index (χ1v) is 8.22. The first-order chi connectivity index (χ1) is 12.8. The number of nitrogens with one attached hydrogen (secondary N) is 3. The molecule has 0 spiro atoms. The van der Waals surface area contributed by atoms with E-state index < -0.39 is 41.9 Å². The molecule has 1 aliphatic rings. The SMILES string of the molecule is NC(=O)CCNC(=O)C1=CC(NC(=O)Nc2cccc(F)c2)C(O)C(O)C1. The van der Waals surface area contributed by atoms with Crippen molar-refractivity contribution in [1.82, 2.24) is 10.6 Å². The van der Waals surface area contributed by atoms with Crippen molar-refractivity contribution in [2.75, 3.05) is 11.9 Å². The lowest BCUT2D eigenvalue weighted by Gasteiger charge is -2.31. The van der Waals surface area contributed by atoms with Gasteiger partial charge in [-0.05, 0) is 18.2 Å². The number of urea groups is 1. The Morgan fingerprint density at radius 2 is 2.00 bits per heavy atom. The zero-order valence-corrected chi connectivity index (χ0v) is 14.3. The Morgan fingerprint density at radius 3 is 2.67 bits per heavy atom. The number of aliphatic hydroxyl groups is 2. The third kappa shape index (κ3) is 6.04. The van der Waals surface area contributed by atoms with Crippen molar-refractivity contribution in [3.05, 3.63) is 41.7 Å². The molecule has 0 fully saturated rings. The molecular weight excluding hydrogens is 359 g/mol. The number of hydrogen-bond donors (Lipinski definition) is 6. The molecule has 1 aromatic carbocycles. The van der Waals surface area contributed by atoms with Crippen molar-refractivity contribution >= 4 is 23.5 Å². The Kier molecular flexibility index (Phi) is 6.85. The lowest BCUT2D eigenvalue weighted by molar-refractivity contribution is -0.119. The lowest BCUT2D eigenvalue weighted by atomic mass is 9.90. The van der Waals surface area contributed by atoms with Gasteiger partial charge in [0.15, 0.2) is 0 Å². The summed E-state index contributed by atoms with van der Waals surface area (Å²) in [4.78, 5) is 34.8. The third-order valence-corrected chi connectivity index (χ3v) is 3.90. The molecule has 2 rings (SSSR count). The molecule has 0 radical (unpaired) electrons. The number of anilines is 1. The van der Waals surface area contributed by atoms with Gasteiger partial charge in [0.1, 0.15) is 11.9 Å². The zero-order chi connectivity index (χ0) is 20.0. The normalized spacial score (nSPS) is 21.7. The molecule has 3 atom stereocenters. The molecule has 9 nitrogen and oxygen atoms in total. The monoisotopic (exact) mass is 380 g/mol. The summed E-state index contributed by atoms with van der Waals surface area (Å²) >= 11 is 0. The molecule has 3 unspecified atom stereocenters. The Balaban J connectivity index is 2.01. The lowest BCUT2D eigenvalue weighted by Crippen LogP contribution is -2.52. The van der Waals surface area contributed by atoms with Crippen molar-refractivity contribution in [1.29, 1.82) is 0 Å². The molecule has 0 aromatic heterocycles. The predicted octanol–water partition coefficient (Wildman–Crippen LogP) is -0.641. The minimum atomic E-state index is -1.33. The molecule has 27 heavy (non-hydrogen) atoms. The van der Waals surface area contributed by atoms with Crippen molar-refractivity contribution in [3.8, 4) is 0 Å². The molecule has 7 N–H and O–H groups in total. The Hall–Kier alpha value is -2.98. The van der Waals surface area contributed by atoms with E-state index in [1.165, 1.54) is 24.3 Å². The number of amides is 4. The van der Waals surface area contributed by atoms with Gasteiger partial charge in [0.05, 0.1) is 12.1 Å². The topological polar surface area (TPSA) is 154 Å². The molecule has 0 heterocycles. The molecule has 146 valence electrons. The average Bonchev–Trinajstić information content (AvgIpc) is 2.58. The van der Waals surface area contributed by atoms with Gasteiger partial charge in [0.2, 0.25) is 11.8 Å². The van der Waals surface area contributed by atoms with Crippen molar-refractivity contribution in [2.45, 2.75) is 31.1 Å². The molecule has 1 aromatic rings. The summed E-state index contributed by atoms with van der Waals surface area (Å²) in [6, 6.07) is 3.43. The van der Waals surface area contributed by atoms with E-state index in [0.29, 0.717) is 0 Å². The number of rotatable bonds is 6. The van der Waals surface area contributed by atoms with Crippen LogP contribution in [0.2, 0.25) is 0 Å². The summed E-state index contributed by atoms with van der Waals surface area (Å²) in [5, 5.41) is 27.3. The second kappa shape index (κ2) is 9.10. The van der Waals surface area contributed by atoms with Crippen molar-refractivity contribution < 1.29 is 29.0 Å². The molecule has 0 saturated heterocycles. The molecular formula is C17H21FN4O5. The number of primary amides is 1. The second-order valence-corrected chi connectivity index (χ2v) is 6.06. The van der Waals surface area contributed by atoms with Gasteiger partial charge in [-0.3, -0.25) is 9.59 Å². The van der Waals surface area contributed by atoms with E-state index in [1.807, 2.05) is 0 Å². The van der Waals surface area contributed by atoms with Gasteiger partial charge in [-0.15, -0.1) is 0 Å². The second-order valence-electron chi connectivity index (χ2n) is 6.06. The standard InChI is InChI=1S/C17H21FN4O5/c18-10-2-1-3-11(8-10)21-17(27)22-12-6-9(7-13(23)15(12)25)16(26)20-5-4-14(19)24/h1-3,6,8,12-13,15,23,25H,4-5,7H2,(H2,19,24)(H,20,26)(H2,21,22,27). The Bertz CT molecular complexity index is 755. The number of hydrogen-bond acceptors (Lipinski definition) is 5. The first kappa shape index (κ1) is 20.3. The van der Waals surface area contributed by atoms with Crippen LogP contribution in [0.25, 0.3) is 0 Å². The molecule has 0 bridgehead atoms. The van der Waals surface area contributed by atoms with Crippen LogP contribution in [0, 0.1) is 5.82 Å². The van der Waals surface area contributed by atoms with E-state index in [1.54, 1.807) is 0 Å². The van der Waals surface area contributed by atoms with Crippen LogP contribution in [-0.2, 0) is 9.59 Å². The van der Waals surface area contributed by atoms with E-state index >= 15 is 0 Å². The van der Waals surface area contributed by atoms with Crippen LogP contribution in [0.3, 0.4) is 0 Å². The van der Waals surface area contributed by atoms with Crippen LogP contribution in [0.1, 0.15) is 12.8 Å². The maximum atomic E-state index is 13.2. The molecule has 10 heteroatoms. The summed E-state index contributed by atoms with van der Waals surface area (Å²) in [7, 11) is 0. The predicted molar refractivity (Wildman–Crippen MR) is 93.9 cm³/mol. The van der Waals surface area contributed by atoms with E-state index in [9.17, 15) is 29.0 Å². The molecule has 0 saturated carbocycles. The van der Waals surface area contributed by atoms with Crippen LogP contribution in [0.4, 0.5) is 14.9 Å². The number of carbonyl (C=O) groups is 3. The van der Waals surface area contributed by atoms with E-state index in [-0.39, 0.29) is 30.6 Å². The average molecular weight is 380 g/mol. The summed E-state index contributed by atoms with van der Waals surface area (Å²) in [6.07, 6.45) is -1.44. The largest absolute Gasteiger partial charge is 0.390 e. The Labute approximate surface area is 154 Å². The maximum Gasteiger partial charge on any atom is 0.319 e. The summed E-state index contributed by atoms with van der Waals surface area (Å²) in [6.45, 7) is 0.0301. The number of halogens is 1. The van der Waals surface area contributed by atoms with Gasteiger partial charge >= 0.3 is 6.03 Å². The Morgan fingerprint density at radius 1 is 1.26 bits per heavy atom. The summed E-state index contributed by atoms with van der Waals surface area (Å²) in [5.41, 5.74) is 5.34. The molecule has 0 aliphatic heterocycles. The number of benzene rings is 1. The van der Waals surface area contributed by atoms with Crippen LogP contribution in [0.5, 0.6) is 0 Å². The smallest absolute Gasteiger partial charge is 0.319 e. The van der Waals surface area contributed by atoms with Crippen molar-refractivity contribution in [3.63, 3.8) is 0 Å². The highest BCUT2D eigenvalue weighted by molar-refractivity contribution is 5.94. The highest BCUT2D eigenvalue weighted by atomic mass is 19.1. The van der Waals surface area contributed by atoms with Gasteiger partial charge in [0.25, 0.3) is 0 Å². The van der Waals surface area contributed by atoms with Crippen LogP contribution >= 0.6 is 0 Å². The summed E-state index contributed by atoms with van der Waals surface area (Å²) in [5.74, 6) is -1.65. The highest BCUT2D eigenvalue weighted by Crippen LogP contribution is 2.20. The number of nitrogens with two attached hydrogens (primary N) is 1. The van der Waals surface area contributed by atoms with E-state index in [4.69, 9.17) is 5.73 Å². The minimum absolute atomic E-state index is 0.0301. The first-order valence-electron chi connectivity index (χ1n) is 8.22. The summed E-state index contributed by atoms with van der Waals surface area (Å²) < 4.78 is 13.2. The van der Waals surface area contributed by atoms with Crippen LogP contribution in [0.15, 0.2) is 35.9 Å². The molecule has 1 aliphatic carbocycles. The highest BCUT2D eigenvalue weighted by Gasteiger charge is 2.33. The van der Waals surface area contributed by atoms with E-state index in [0.717, 1.165) is 6.07 Å². The van der Waals surface area contributed by atoms with Crippen molar-refractivity contribution in [2.24, 2.45) is 5.73 Å². The van der Waals surface area contributed by atoms with E-state index in [2.05, 4.69) is 16.0 Å². The fourth-order valence-corrected chi connectivity index (χ4v) is 2.56. The fraction of sp³-hybridized carbons (Fsp3) is 0.353. The third-order valence-electron chi connectivity index (χ3n) is 3.90. The minimum Gasteiger partial charge on any atom is -0.390 e. The van der Waals surface area contributed by atoms with Crippen LogP contribution < -0.4 is 21.7 Å². The van der Waals surface area contributed by atoms with Gasteiger partial charge in [-0.1, -0.05) is 12.1 Å². The van der Waals surface area contributed by atoms with Gasteiger partial charge in [0, 0.05) is 30.6 Å². The maximum absolute atomic E-state index is 13.2. The zero-order valence-electron chi connectivity index (χ0n) is 14.3.